The number of rotatable bonds is 2. The number of aliphatic hydroxyl groups is 2. The number of hydrogen-bond donors (Lipinski definition) is 2. The molecule has 1 aromatic rings. The minimum atomic E-state index is -0.854. The zero-order valence-corrected chi connectivity index (χ0v) is 11.4. The van der Waals surface area contributed by atoms with Gasteiger partial charge in [-0.1, -0.05) is 17.7 Å². The van der Waals surface area contributed by atoms with E-state index in [-0.39, 0.29) is 11.9 Å². The lowest BCUT2D eigenvalue weighted by Crippen LogP contribution is -2.51. The first kappa shape index (κ1) is 14.0. The van der Waals surface area contributed by atoms with Crippen LogP contribution in [0.5, 0.6) is 0 Å². The van der Waals surface area contributed by atoms with Crippen molar-refractivity contribution in [2.75, 3.05) is 7.05 Å². The molecule has 0 spiro atoms. The predicted molar refractivity (Wildman–Crippen MR) is 72.9 cm³/mol. The second kappa shape index (κ2) is 5.72. The third-order valence-electron chi connectivity index (χ3n) is 3.87. The van der Waals surface area contributed by atoms with Crippen molar-refractivity contribution in [3.8, 4) is 0 Å². The highest BCUT2D eigenvalue weighted by Gasteiger charge is 2.35. The summed E-state index contributed by atoms with van der Waals surface area (Å²) >= 11 is 0. The summed E-state index contributed by atoms with van der Waals surface area (Å²) in [6.07, 6.45) is 0.573. The van der Waals surface area contributed by atoms with Crippen molar-refractivity contribution in [1.82, 2.24) is 4.90 Å². The molecule has 1 saturated carbocycles. The number of aryl methyl sites for hydroxylation is 1. The zero-order chi connectivity index (χ0) is 14.0. The van der Waals surface area contributed by atoms with E-state index in [2.05, 4.69) is 0 Å². The normalized spacial score (nSPS) is 27.1. The van der Waals surface area contributed by atoms with E-state index in [0.29, 0.717) is 12.0 Å². The van der Waals surface area contributed by atoms with E-state index >= 15 is 0 Å². The summed E-state index contributed by atoms with van der Waals surface area (Å²) in [4.78, 5) is 13.9. The van der Waals surface area contributed by atoms with Crippen LogP contribution in [-0.2, 0) is 0 Å². The molecule has 1 fully saturated rings. The Kier molecular flexibility index (Phi) is 4.22. The molecule has 2 rings (SSSR count). The van der Waals surface area contributed by atoms with Gasteiger partial charge in [-0.05, 0) is 38.3 Å². The first-order valence-electron chi connectivity index (χ1n) is 6.70. The Bertz CT molecular complexity index is 460. The monoisotopic (exact) mass is 263 g/mol. The van der Waals surface area contributed by atoms with E-state index in [1.807, 2.05) is 25.1 Å². The van der Waals surface area contributed by atoms with Gasteiger partial charge in [0.2, 0.25) is 0 Å². The fourth-order valence-electron chi connectivity index (χ4n) is 2.69. The van der Waals surface area contributed by atoms with Crippen LogP contribution in [0, 0.1) is 6.92 Å². The molecule has 1 amide bonds. The van der Waals surface area contributed by atoms with Crippen LogP contribution in [-0.4, -0.2) is 46.3 Å². The summed E-state index contributed by atoms with van der Waals surface area (Å²) < 4.78 is 0. The van der Waals surface area contributed by atoms with Gasteiger partial charge in [0, 0.05) is 12.6 Å². The van der Waals surface area contributed by atoms with E-state index in [1.165, 1.54) is 0 Å². The second-order valence-electron chi connectivity index (χ2n) is 5.34. The zero-order valence-electron chi connectivity index (χ0n) is 11.4. The van der Waals surface area contributed by atoms with Crippen molar-refractivity contribution in [3.63, 3.8) is 0 Å². The molecule has 19 heavy (non-hydrogen) atoms. The maximum Gasteiger partial charge on any atom is 0.253 e. The van der Waals surface area contributed by atoms with Crippen LogP contribution in [0.15, 0.2) is 24.3 Å². The molecule has 1 aliphatic rings. The molecule has 104 valence electrons. The van der Waals surface area contributed by atoms with Crippen molar-refractivity contribution in [2.24, 2.45) is 0 Å². The van der Waals surface area contributed by atoms with Gasteiger partial charge in [0.15, 0.2) is 0 Å². The molecule has 2 N–H and O–H groups in total. The molecular formula is C15H21NO3. The van der Waals surface area contributed by atoms with Gasteiger partial charge in [0.1, 0.15) is 6.10 Å². The first-order chi connectivity index (χ1) is 9.00. The molecule has 1 aliphatic carbocycles. The van der Waals surface area contributed by atoms with E-state index in [9.17, 15) is 15.0 Å². The standard InChI is InChI=1S/C15H21NO3/c1-10-5-3-6-11(9-10)15(19)16(2)12-7-4-8-13(17)14(12)18/h3,5-6,9,12-14,17-18H,4,7-8H2,1-2H3/t12-,13-,14-/m1/s1. The third kappa shape index (κ3) is 2.96. The smallest absolute Gasteiger partial charge is 0.253 e. The van der Waals surface area contributed by atoms with Crippen LogP contribution in [0.2, 0.25) is 0 Å². The second-order valence-corrected chi connectivity index (χ2v) is 5.34. The van der Waals surface area contributed by atoms with Crippen LogP contribution in [0.4, 0.5) is 0 Å². The van der Waals surface area contributed by atoms with Gasteiger partial charge in [0.05, 0.1) is 12.1 Å². The lowest BCUT2D eigenvalue weighted by atomic mass is 9.89. The molecule has 0 unspecified atom stereocenters. The predicted octanol–water partition coefficient (Wildman–Crippen LogP) is 1.34. The maximum atomic E-state index is 12.4. The lowest BCUT2D eigenvalue weighted by Gasteiger charge is -2.37. The lowest BCUT2D eigenvalue weighted by molar-refractivity contribution is -0.0526. The summed E-state index contributed by atoms with van der Waals surface area (Å²) in [7, 11) is 1.69. The highest BCUT2D eigenvalue weighted by Crippen LogP contribution is 2.24. The molecule has 3 atom stereocenters. The molecular weight excluding hydrogens is 242 g/mol. The summed E-state index contributed by atoms with van der Waals surface area (Å²) in [5.74, 6) is -0.109. The minimum absolute atomic E-state index is 0.109. The Hall–Kier alpha value is -1.39. The molecule has 0 heterocycles. The molecule has 0 aromatic heterocycles. The summed E-state index contributed by atoms with van der Waals surface area (Å²) in [6, 6.07) is 7.09. The van der Waals surface area contributed by atoms with Crippen LogP contribution in [0.3, 0.4) is 0 Å². The van der Waals surface area contributed by atoms with Gasteiger partial charge in [-0.3, -0.25) is 4.79 Å². The first-order valence-corrected chi connectivity index (χ1v) is 6.70. The van der Waals surface area contributed by atoms with E-state index in [0.717, 1.165) is 18.4 Å². The minimum Gasteiger partial charge on any atom is -0.390 e. The average molecular weight is 263 g/mol. The summed E-state index contributed by atoms with van der Waals surface area (Å²) in [5, 5.41) is 19.7. The Morgan fingerprint density at radius 1 is 1.32 bits per heavy atom. The van der Waals surface area contributed by atoms with Gasteiger partial charge in [-0.2, -0.15) is 0 Å². The molecule has 0 radical (unpaired) electrons. The van der Waals surface area contributed by atoms with Gasteiger partial charge in [-0.15, -0.1) is 0 Å². The number of amides is 1. The number of carbonyl (C=O) groups excluding carboxylic acids is 1. The maximum absolute atomic E-state index is 12.4. The topological polar surface area (TPSA) is 60.8 Å². The van der Waals surface area contributed by atoms with Crippen molar-refractivity contribution >= 4 is 5.91 Å². The SMILES string of the molecule is Cc1cccc(C(=O)N(C)[C@@H]2CCC[C@@H](O)[C@@H]2O)c1. The molecule has 0 saturated heterocycles. The van der Waals surface area contributed by atoms with Crippen LogP contribution in [0.25, 0.3) is 0 Å². The number of benzene rings is 1. The van der Waals surface area contributed by atoms with Gasteiger partial charge >= 0.3 is 0 Å². The van der Waals surface area contributed by atoms with Crippen molar-refractivity contribution in [1.29, 1.82) is 0 Å². The quantitative estimate of drug-likeness (QED) is 0.846. The van der Waals surface area contributed by atoms with Gasteiger partial charge in [-0.25, -0.2) is 0 Å². The number of likely N-dealkylation sites (N-methyl/N-ethyl adjacent to an activating group) is 1. The molecule has 1 aromatic carbocycles. The van der Waals surface area contributed by atoms with Gasteiger partial charge < -0.3 is 15.1 Å². The number of hydrogen-bond acceptors (Lipinski definition) is 3. The van der Waals surface area contributed by atoms with Crippen molar-refractivity contribution in [3.05, 3.63) is 35.4 Å². The largest absolute Gasteiger partial charge is 0.390 e. The van der Waals surface area contributed by atoms with Crippen molar-refractivity contribution < 1.29 is 15.0 Å². The average Bonchev–Trinajstić information content (AvgIpc) is 2.40. The molecule has 0 aliphatic heterocycles. The molecule has 4 heteroatoms. The Balaban J connectivity index is 2.14. The van der Waals surface area contributed by atoms with Crippen LogP contribution < -0.4 is 0 Å². The van der Waals surface area contributed by atoms with E-state index in [1.54, 1.807) is 18.0 Å². The Labute approximate surface area is 113 Å². The van der Waals surface area contributed by atoms with Crippen LogP contribution >= 0.6 is 0 Å². The number of aliphatic hydroxyl groups excluding tert-OH is 2. The van der Waals surface area contributed by atoms with E-state index < -0.39 is 12.2 Å². The van der Waals surface area contributed by atoms with Gasteiger partial charge in [0.25, 0.3) is 5.91 Å². The van der Waals surface area contributed by atoms with E-state index in [4.69, 9.17) is 0 Å². The fraction of sp³-hybridized carbons (Fsp3) is 0.533. The molecule has 0 bridgehead atoms. The summed E-state index contributed by atoms with van der Waals surface area (Å²) in [5.41, 5.74) is 1.65. The number of carbonyl (C=O) groups is 1. The summed E-state index contributed by atoms with van der Waals surface area (Å²) in [6.45, 7) is 1.94. The van der Waals surface area contributed by atoms with Crippen LogP contribution in [0.1, 0.15) is 35.2 Å². The van der Waals surface area contributed by atoms with Crippen molar-refractivity contribution in [2.45, 2.75) is 44.4 Å². The Morgan fingerprint density at radius 2 is 2.05 bits per heavy atom. The highest BCUT2D eigenvalue weighted by molar-refractivity contribution is 5.94. The third-order valence-corrected chi connectivity index (χ3v) is 3.87. The highest BCUT2D eigenvalue weighted by atomic mass is 16.3. The molecule has 4 nitrogen and oxygen atoms in total. The Morgan fingerprint density at radius 3 is 2.74 bits per heavy atom. The fourth-order valence-corrected chi connectivity index (χ4v) is 2.69. The number of nitrogens with zero attached hydrogens (tertiary/aromatic N) is 1.